The minimum Gasteiger partial charge on any atom is -0.356 e. The van der Waals surface area contributed by atoms with E-state index in [1.54, 1.807) is 38.5 Å². The van der Waals surface area contributed by atoms with Crippen LogP contribution in [0.2, 0.25) is 0 Å². The molecule has 1 fully saturated rings. The number of nitrogens with one attached hydrogen (secondary N) is 2. The highest BCUT2D eigenvalue weighted by atomic mass is 32.2. The van der Waals surface area contributed by atoms with Crippen LogP contribution in [0.4, 0.5) is 17.4 Å². The Balaban J connectivity index is 1.17. The molecule has 1 aliphatic rings. The van der Waals surface area contributed by atoms with Gasteiger partial charge in [-0.15, -0.1) is 0 Å². The van der Waals surface area contributed by atoms with E-state index in [1.165, 1.54) is 18.5 Å². The van der Waals surface area contributed by atoms with E-state index in [9.17, 15) is 13.2 Å². The van der Waals surface area contributed by atoms with Crippen LogP contribution in [0, 0.1) is 19.8 Å². The first-order valence-corrected chi connectivity index (χ1v) is 13.2. The third-order valence-electron chi connectivity index (χ3n) is 6.41. The van der Waals surface area contributed by atoms with Crippen LogP contribution in [-0.4, -0.2) is 52.1 Å². The summed E-state index contributed by atoms with van der Waals surface area (Å²) in [7, 11) is -3.86. The molecular weight excluding hydrogens is 496 g/mol. The maximum absolute atomic E-state index is 12.9. The van der Waals surface area contributed by atoms with E-state index >= 15 is 0 Å². The van der Waals surface area contributed by atoms with E-state index in [-0.39, 0.29) is 22.6 Å². The summed E-state index contributed by atoms with van der Waals surface area (Å²) in [5, 5.41) is 6.66. The molecule has 0 spiro atoms. The first-order valence-electron chi connectivity index (χ1n) is 11.7. The molecule has 1 aliphatic heterocycles. The zero-order valence-electron chi connectivity index (χ0n) is 20.3. The molecule has 0 radical (unpaired) electrons. The van der Waals surface area contributed by atoms with Crippen LogP contribution in [0.25, 0.3) is 5.82 Å². The van der Waals surface area contributed by atoms with Gasteiger partial charge >= 0.3 is 0 Å². The summed E-state index contributed by atoms with van der Waals surface area (Å²) in [5.74, 6) is 1.37. The number of sulfonamides is 1. The quantitative estimate of drug-likeness (QED) is 0.374. The topological polar surface area (TPSA) is 148 Å². The minimum atomic E-state index is -3.86. The van der Waals surface area contributed by atoms with Crippen molar-refractivity contribution in [3.05, 3.63) is 66.6 Å². The highest BCUT2D eigenvalue weighted by Crippen LogP contribution is 2.25. The number of piperidine rings is 1. The van der Waals surface area contributed by atoms with Crippen LogP contribution in [0.1, 0.15) is 24.1 Å². The van der Waals surface area contributed by atoms with Crippen molar-refractivity contribution in [1.29, 1.82) is 0 Å². The molecule has 37 heavy (non-hydrogen) atoms. The van der Waals surface area contributed by atoms with Crippen molar-refractivity contribution in [2.45, 2.75) is 31.6 Å². The summed E-state index contributed by atoms with van der Waals surface area (Å²) in [6.45, 7) is 4.82. The fraction of sp³-hybridized carbons (Fsp3) is 0.292. The molecule has 0 unspecified atom stereocenters. The summed E-state index contributed by atoms with van der Waals surface area (Å²) >= 11 is 0. The van der Waals surface area contributed by atoms with Gasteiger partial charge in [-0.2, -0.15) is 0 Å². The number of carbonyl (C=O) groups excluding carboxylic acids is 1. The van der Waals surface area contributed by atoms with Gasteiger partial charge in [0.15, 0.2) is 0 Å². The number of hydrogen-bond acceptors (Lipinski definition) is 9. The number of carbonyl (C=O) groups is 1. The van der Waals surface area contributed by atoms with Gasteiger partial charge < -0.3 is 14.7 Å². The maximum atomic E-state index is 12.9. The van der Waals surface area contributed by atoms with Gasteiger partial charge in [0, 0.05) is 48.7 Å². The van der Waals surface area contributed by atoms with Crippen molar-refractivity contribution in [2.24, 2.45) is 5.92 Å². The normalized spacial score (nSPS) is 14.5. The first-order chi connectivity index (χ1) is 17.8. The van der Waals surface area contributed by atoms with Gasteiger partial charge in [0.05, 0.1) is 10.6 Å². The maximum Gasteiger partial charge on any atom is 0.264 e. The number of rotatable bonds is 7. The number of aryl methyl sites for hydroxylation is 1. The van der Waals surface area contributed by atoms with Crippen molar-refractivity contribution in [3.8, 4) is 5.82 Å². The van der Waals surface area contributed by atoms with Gasteiger partial charge in [-0.3, -0.25) is 9.36 Å². The molecule has 5 rings (SSSR count). The lowest BCUT2D eigenvalue weighted by Gasteiger charge is -2.32. The average Bonchev–Trinajstić information content (AvgIpc) is 3.56. The van der Waals surface area contributed by atoms with Crippen molar-refractivity contribution in [3.63, 3.8) is 0 Å². The zero-order chi connectivity index (χ0) is 26.0. The zero-order valence-corrected chi connectivity index (χ0v) is 21.1. The van der Waals surface area contributed by atoms with Crippen LogP contribution in [0.5, 0.6) is 0 Å². The molecule has 0 bridgehead atoms. The molecule has 0 aliphatic carbocycles. The Morgan fingerprint density at radius 2 is 1.81 bits per heavy atom. The largest absolute Gasteiger partial charge is 0.356 e. The summed E-state index contributed by atoms with van der Waals surface area (Å²) in [4.78, 5) is 27.8. The van der Waals surface area contributed by atoms with E-state index in [4.69, 9.17) is 4.52 Å². The third kappa shape index (κ3) is 5.31. The summed E-state index contributed by atoms with van der Waals surface area (Å²) in [6, 6.07) is 7.91. The molecule has 2 N–H and O–H groups in total. The Bertz CT molecular complexity index is 1490. The molecule has 4 aromatic rings. The van der Waals surface area contributed by atoms with Gasteiger partial charge in [-0.05, 0) is 51.0 Å². The lowest BCUT2D eigenvalue weighted by atomic mass is 9.96. The third-order valence-corrected chi connectivity index (χ3v) is 7.76. The number of anilines is 3. The smallest absolute Gasteiger partial charge is 0.264 e. The first kappa shape index (κ1) is 24.4. The van der Waals surface area contributed by atoms with E-state index in [0.717, 1.165) is 11.6 Å². The number of aromatic nitrogens is 5. The minimum absolute atomic E-state index is 0.0483. The number of hydrogen-bond donors (Lipinski definition) is 2. The Kier molecular flexibility index (Phi) is 6.61. The average molecular weight is 523 g/mol. The second-order valence-corrected chi connectivity index (χ2v) is 10.5. The predicted molar refractivity (Wildman–Crippen MR) is 136 cm³/mol. The lowest BCUT2D eigenvalue weighted by molar-refractivity contribution is -0.120. The fourth-order valence-corrected chi connectivity index (χ4v) is 5.12. The predicted octanol–water partition coefficient (Wildman–Crippen LogP) is 2.92. The van der Waals surface area contributed by atoms with E-state index in [1.807, 2.05) is 16.8 Å². The molecule has 0 atom stereocenters. The van der Waals surface area contributed by atoms with Gasteiger partial charge in [0.25, 0.3) is 10.0 Å². The lowest BCUT2D eigenvalue weighted by Crippen LogP contribution is -2.38. The number of benzene rings is 1. The molecular formula is C24H26N8O4S. The monoisotopic (exact) mass is 522 g/mol. The highest BCUT2D eigenvalue weighted by molar-refractivity contribution is 7.92. The van der Waals surface area contributed by atoms with Crippen LogP contribution < -0.4 is 14.9 Å². The summed E-state index contributed by atoms with van der Waals surface area (Å²) < 4.78 is 34.6. The highest BCUT2D eigenvalue weighted by Gasteiger charge is 2.26. The van der Waals surface area contributed by atoms with Gasteiger partial charge in [-0.1, -0.05) is 5.16 Å². The fourth-order valence-electron chi connectivity index (χ4n) is 4.07. The molecule has 3 aromatic heterocycles. The Morgan fingerprint density at radius 1 is 1.08 bits per heavy atom. The molecule has 1 saturated heterocycles. The molecule has 4 heterocycles. The van der Waals surface area contributed by atoms with Gasteiger partial charge in [0.1, 0.15) is 24.3 Å². The summed E-state index contributed by atoms with van der Waals surface area (Å²) in [5.41, 5.74) is 1.76. The number of imidazole rings is 1. The Morgan fingerprint density at radius 3 is 2.46 bits per heavy atom. The molecule has 13 heteroatoms. The van der Waals surface area contributed by atoms with Gasteiger partial charge in [0.2, 0.25) is 11.8 Å². The molecule has 12 nitrogen and oxygen atoms in total. The summed E-state index contributed by atoms with van der Waals surface area (Å²) in [6.07, 6.45) is 8.05. The SMILES string of the molecule is Cc1noc(NS(=O)(=O)c2ccc(NC(=O)C3CCN(c4cc(-n5ccnc5)ncn4)CC3)cc2)c1C. The van der Waals surface area contributed by atoms with Crippen molar-refractivity contribution in [1.82, 2.24) is 24.7 Å². The van der Waals surface area contributed by atoms with Crippen molar-refractivity contribution < 1.29 is 17.7 Å². The molecule has 192 valence electrons. The van der Waals surface area contributed by atoms with E-state index < -0.39 is 10.0 Å². The second kappa shape index (κ2) is 10.0. The number of amides is 1. The van der Waals surface area contributed by atoms with Crippen molar-refractivity contribution >= 4 is 33.3 Å². The Labute approximate surface area is 213 Å². The molecule has 0 saturated carbocycles. The van der Waals surface area contributed by atoms with Crippen LogP contribution in [0.3, 0.4) is 0 Å². The van der Waals surface area contributed by atoms with E-state index in [2.05, 4.69) is 35.0 Å². The van der Waals surface area contributed by atoms with Crippen molar-refractivity contribution in [2.75, 3.05) is 28.0 Å². The Hall–Kier alpha value is -4.26. The van der Waals surface area contributed by atoms with E-state index in [0.29, 0.717) is 42.9 Å². The van der Waals surface area contributed by atoms with Crippen LogP contribution in [-0.2, 0) is 14.8 Å². The van der Waals surface area contributed by atoms with Crippen LogP contribution >= 0.6 is 0 Å². The van der Waals surface area contributed by atoms with Gasteiger partial charge in [-0.25, -0.2) is 28.1 Å². The molecule has 1 amide bonds. The molecule has 1 aromatic carbocycles. The number of nitrogens with zero attached hydrogens (tertiary/aromatic N) is 6. The standard InChI is InChI=1S/C24H26N8O4S/c1-16-17(2)29-36-24(16)30-37(34,35)20-5-3-19(4-6-20)28-23(33)18-7-10-31(11-8-18)21-13-22(27-14-26-21)32-12-9-25-15-32/h3-6,9,12-15,18,30H,7-8,10-11H2,1-2H3,(H,28,33). The second-order valence-electron chi connectivity index (χ2n) is 8.81. The van der Waals surface area contributed by atoms with Crippen LogP contribution in [0.15, 0.2) is 64.8 Å².